The van der Waals surface area contributed by atoms with Gasteiger partial charge in [0.1, 0.15) is 0 Å². The van der Waals surface area contributed by atoms with Crippen molar-refractivity contribution in [2.45, 2.75) is 39.5 Å². The quantitative estimate of drug-likeness (QED) is 0.826. The third kappa shape index (κ3) is 4.93. The van der Waals surface area contributed by atoms with Crippen LogP contribution in [0.25, 0.3) is 0 Å². The van der Waals surface area contributed by atoms with Crippen molar-refractivity contribution in [3.63, 3.8) is 0 Å². The molecule has 1 aliphatic rings. The maximum atomic E-state index is 12.3. The molecular weight excluding hydrogens is 324 g/mol. The number of hydrogen-bond donors (Lipinski definition) is 1. The van der Waals surface area contributed by atoms with Gasteiger partial charge in [-0.15, -0.1) is 11.3 Å². The lowest BCUT2D eigenvalue weighted by atomic mass is 9.97. The molecule has 0 saturated carbocycles. The summed E-state index contributed by atoms with van der Waals surface area (Å²) in [7, 11) is 3.49. The molecule has 1 atom stereocenters. The number of urea groups is 1. The molecule has 0 spiro atoms. The summed E-state index contributed by atoms with van der Waals surface area (Å²) in [5, 5.41) is 4.16. The zero-order chi connectivity index (χ0) is 17.7. The number of aromatic nitrogens is 1. The van der Waals surface area contributed by atoms with E-state index >= 15 is 0 Å². The molecule has 1 N–H and O–H groups in total. The minimum absolute atomic E-state index is 0.0120. The van der Waals surface area contributed by atoms with Crippen molar-refractivity contribution in [1.29, 1.82) is 0 Å². The lowest BCUT2D eigenvalue weighted by molar-refractivity contribution is -0.126. The van der Waals surface area contributed by atoms with E-state index in [-0.39, 0.29) is 17.9 Å². The van der Waals surface area contributed by atoms with E-state index in [4.69, 9.17) is 0 Å². The van der Waals surface area contributed by atoms with Crippen molar-refractivity contribution < 1.29 is 9.59 Å². The number of amides is 3. The van der Waals surface area contributed by atoms with Crippen molar-refractivity contribution in [3.05, 3.63) is 15.6 Å². The molecule has 1 unspecified atom stereocenters. The maximum absolute atomic E-state index is 12.3. The Kier molecular flexibility index (Phi) is 6.60. The van der Waals surface area contributed by atoms with Crippen molar-refractivity contribution in [2.75, 3.05) is 33.7 Å². The average molecular weight is 353 g/mol. The SMILES string of the molecule is Cc1nc(CCCNC(=O)C2CCCN(C(=O)N(C)C)C2)sc1C. The summed E-state index contributed by atoms with van der Waals surface area (Å²) >= 11 is 1.73. The van der Waals surface area contributed by atoms with Crippen LogP contribution in [-0.4, -0.2) is 60.5 Å². The Labute approximate surface area is 148 Å². The van der Waals surface area contributed by atoms with Crippen LogP contribution < -0.4 is 5.32 Å². The number of nitrogens with one attached hydrogen (secondary N) is 1. The first-order chi connectivity index (χ1) is 11.4. The number of nitrogens with zero attached hydrogens (tertiary/aromatic N) is 3. The Morgan fingerprint density at radius 1 is 1.38 bits per heavy atom. The number of carbonyl (C=O) groups is 2. The van der Waals surface area contributed by atoms with Gasteiger partial charge in [-0.3, -0.25) is 4.79 Å². The highest BCUT2D eigenvalue weighted by atomic mass is 32.1. The summed E-state index contributed by atoms with van der Waals surface area (Å²) in [4.78, 5) is 33.5. The first kappa shape index (κ1) is 18.7. The summed E-state index contributed by atoms with van der Waals surface area (Å²) in [6.07, 6.45) is 3.53. The van der Waals surface area contributed by atoms with Gasteiger partial charge < -0.3 is 15.1 Å². The molecule has 3 amide bonds. The Hall–Kier alpha value is -1.63. The molecular formula is C17H28N4O2S. The predicted molar refractivity (Wildman–Crippen MR) is 96.3 cm³/mol. The number of thiazole rings is 1. The Balaban J connectivity index is 1.72. The zero-order valence-corrected chi connectivity index (χ0v) is 15.9. The highest BCUT2D eigenvalue weighted by Gasteiger charge is 2.28. The number of carbonyl (C=O) groups excluding carboxylic acids is 2. The fourth-order valence-electron chi connectivity index (χ4n) is 2.89. The molecule has 1 saturated heterocycles. The van der Waals surface area contributed by atoms with Crippen LogP contribution in [0.3, 0.4) is 0 Å². The molecule has 2 heterocycles. The van der Waals surface area contributed by atoms with Gasteiger partial charge >= 0.3 is 6.03 Å². The van der Waals surface area contributed by atoms with Crippen molar-refractivity contribution in [2.24, 2.45) is 5.92 Å². The van der Waals surface area contributed by atoms with Crippen LogP contribution in [0.4, 0.5) is 4.79 Å². The molecule has 1 aliphatic heterocycles. The van der Waals surface area contributed by atoms with E-state index < -0.39 is 0 Å². The first-order valence-corrected chi connectivity index (χ1v) is 9.37. The fraction of sp³-hybridized carbons (Fsp3) is 0.706. The molecule has 0 radical (unpaired) electrons. The molecule has 6 nitrogen and oxygen atoms in total. The Morgan fingerprint density at radius 2 is 2.12 bits per heavy atom. The van der Waals surface area contributed by atoms with Crippen LogP contribution in [0.1, 0.15) is 34.8 Å². The molecule has 0 aliphatic carbocycles. The molecule has 134 valence electrons. The highest BCUT2D eigenvalue weighted by molar-refractivity contribution is 7.11. The minimum atomic E-state index is -0.0907. The second kappa shape index (κ2) is 8.46. The van der Waals surface area contributed by atoms with Gasteiger partial charge in [-0.2, -0.15) is 0 Å². The largest absolute Gasteiger partial charge is 0.356 e. The number of likely N-dealkylation sites (tertiary alicyclic amines) is 1. The van der Waals surface area contributed by atoms with Gasteiger partial charge in [-0.05, 0) is 33.1 Å². The summed E-state index contributed by atoms with van der Waals surface area (Å²) in [5.74, 6) is -0.0234. The Bertz CT molecular complexity index is 566. The molecule has 1 fully saturated rings. The molecule has 1 aromatic rings. The molecule has 2 rings (SSSR count). The van der Waals surface area contributed by atoms with Gasteiger partial charge in [0.2, 0.25) is 5.91 Å². The molecule has 0 aromatic carbocycles. The Morgan fingerprint density at radius 3 is 2.75 bits per heavy atom. The summed E-state index contributed by atoms with van der Waals surface area (Å²) in [6.45, 7) is 6.04. The van der Waals surface area contributed by atoms with Gasteiger partial charge in [-0.1, -0.05) is 0 Å². The summed E-state index contributed by atoms with van der Waals surface area (Å²) in [6, 6.07) is -0.0120. The number of rotatable bonds is 5. The maximum Gasteiger partial charge on any atom is 0.319 e. The molecule has 24 heavy (non-hydrogen) atoms. The van der Waals surface area contributed by atoms with Crippen LogP contribution in [-0.2, 0) is 11.2 Å². The van der Waals surface area contributed by atoms with Crippen molar-refractivity contribution in [3.8, 4) is 0 Å². The monoisotopic (exact) mass is 352 g/mol. The molecule has 7 heteroatoms. The lowest BCUT2D eigenvalue weighted by Crippen LogP contribution is -2.48. The minimum Gasteiger partial charge on any atom is -0.356 e. The zero-order valence-electron chi connectivity index (χ0n) is 15.1. The third-order valence-electron chi connectivity index (χ3n) is 4.38. The smallest absolute Gasteiger partial charge is 0.319 e. The van der Waals surface area contributed by atoms with Crippen LogP contribution in [0.5, 0.6) is 0 Å². The highest BCUT2D eigenvalue weighted by Crippen LogP contribution is 2.19. The van der Waals surface area contributed by atoms with Crippen molar-refractivity contribution >= 4 is 23.3 Å². The van der Waals surface area contributed by atoms with Gasteiger partial charge in [0.15, 0.2) is 0 Å². The standard InChI is InChI=1S/C17H28N4O2S/c1-12-13(2)24-15(19-12)8-5-9-18-16(22)14-7-6-10-21(11-14)17(23)20(3)4/h14H,5-11H2,1-4H3,(H,18,22). The van der Waals surface area contributed by atoms with Gasteiger partial charge in [0, 0.05) is 45.0 Å². The topological polar surface area (TPSA) is 65.5 Å². The molecule has 1 aromatic heterocycles. The van der Waals surface area contributed by atoms with E-state index in [1.807, 2.05) is 6.92 Å². The fourth-order valence-corrected chi connectivity index (χ4v) is 3.87. The van der Waals surface area contributed by atoms with E-state index in [0.717, 1.165) is 42.9 Å². The number of aryl methyl sites for hydroxylation is 3. The van der Waals surface area contributed by atoms with Gasteiger partial charge in [0.25, 0.3) is 0 Å². The summed E-state index contributed by atoms with van der Waals surface area (Å²) < 4.78 is 0. The number of piperidine rings is 1. The lowest BCUT2D eigenvalue weighted by Gasteiger charge is -2.33. The van der Waals surface area contributed by atoms with E-state index in [2.05, 4.69) is 17.2 Å². The second-order valence-electron chi connectivity index (χ2n) is 6.61. The van der Waals surface area contributed by atoms with Crippen LogP contribution >= 0.6 is 11.3 Å². The molecule has 0 bridgehead atoms. The first-order valence-electron chi connectivity index (χ1n) is 8.55. The summed E-state index contributed by atoms with van der Waals surface area (Å²) in [5.41, 5.74) is 1.10. The van der Waals surface area contributed by atoms with Crippen molar-refractivity contribution in [1.82, 2.24) is 20.1 Å². The predicted octanol–water partition coefficient (Wildman–Crippen LogP) is 2.20. The van der Waals surface area contributed by atoms with Gasteiger partial charge in [0.05, 0.1) is 16.6 Å². The van der Waals surface area contributed by atoms with E-state index in [9.17, 15) is 9.59 Å². The third-order valence-corrected chi connectivity index (χ3v) is 5.52. The average Bonchev–Trinajstić information content (AvgIpc) is 2.88. The van der Waals surface area contributed by atoms with E-state index in [0.29, 0.717) is 13.1 Å². The van der Waals surface area contributed by atoms with Crippen LogP contribution in [0.2, 0.25) is 0 Å². The van der Waals surface area contributed by atoms with Crippen LogP contribution in [0.15, 0.2) is 0 Å². The van der Waals surface area contributed by atoms with E-state index in [1.165, 1.54) is 4.88 Å². The van der Waals surface area contributed by atoms with Crippen LogP contribution in [0, 0.1) is 19.8 Å². The normalized spacial score (nSPS) is 17.7. The van der Waals surface area contributed by atoms with E-state index in [1.54, 1.807) is 35.2 Å². The second-order valence-corrected chi connectivity index (χ2v) is 7.89. The van der Waals surface area contributed by atoms with Gasteiger partial charge in [-0.25, -0.2) is 9.78 Å². The number of hydrogen-bond acceptors (Lipinski definition) is 4.